The third-order valence-corrected chi connectivity index (χ3v) is 3.21. The van der Waals surface area contributed by atoms with Crippen molar-refractivity contribution in [2.24, 2.45) is 0 Å². The number of halogens is 1. The van der Waals surface area contributed by atoms with Gasteiger partial charge in [-0.2, -0.15) is 0 Å². The van der Waals surface area contributed by atoms with Gasteiger partial charge >= 0.3 is 5.97 Å². The molecule has 5 heteroatoms. The first-order valence-corrected chi connectivity index (χ1v) is 6.26. The number of carboxylic acid groups (broad SMARTS) is 1. The molecule has 0 heterocycles. The van der Waals surface area contributed by atoms with E-state index in [4.69, 9.17) is 16.7 Å². The minimum absolute atomic E-state index is 0.0366. The molecule has 0 saturated carbocycles. The van der Waals surface area contributed by atoms with E-state index in [0.717, 1.165) is 5.56 Å². The summed E-state index contributed by atoms with van der Waals surface area (Å²) in [5, 5.41) is 11.8. The van der Waals surface area contributed by atoms with Crippen molar-refractivity contribution < 1.29 is 14.7 Å². The summed E-state index contributed by atoms with van der Waals surface area (Å²) in [6, 6.07) is 11.7. The molecule has 0 aliphatic heterocycles. The van der Waals surface area contributed by atoms with Gasteiger partial charge in [0.05, 0.1) is 10.6 Å². The summed E-state index contributed by atoms with van der Waals surface area (Å²) in [5.74, 6) is -1.28. The zero-order chi connectivity index (χ0) is 14.7. The van der Waals surface area contributed by atoms with Crippen molar-refractivity contribution in [3.63, 3.8) is 0 Å². The molecule has 1 amide bonds. The lowest BCUT2D eigenvalue weighted by Gasteiger charge is -2.07. The van der Waals surface area contributed by atoms with E-state index >= 15 is 0 Å². The molecule has 0 spiro atoms. The fraction of sp³-hybridized carbons (Fsp3) is 0.0667. The normalized spacial score (nSPS) is 10.1. The summed E-state index contributed by atoms with van der Waals surface area (Å²) < 4.78 is 0. The highest BCUT2D eigenvalue weighted by Crippen LogP contribution is 2.26. The lowest BCUT2D eigenvalue weighted by molar-refractivity contribution is 0.0697. The van der Waals surface area contributed by atoms with Gasteiger partial charge < -0.3 is 10.4 Å². The maximum absolute atomic E-state index is 11.6. The molecule has 0 aliphatic rings. The molecule has 0 unspecified atom stereocenters. The average Bonchev–Trinajstić information content (AvgIpc) is 2.46. The molecule has 0 aromatic heterocycles. The molecule has 0 saturated heterocycles. The Labute approximate surface area is 121 Å². The van der Waals surface area contributed by atoms with Crippen LogP contribution < -0.4 is 5.32 Å². The van der Waals surface area contributed by atoms with Gasteiger partial charge in [0.15, 0.2) is 0 Å². The maximum atomic E-state index is 11.6. The lowest BCUT2D eigenvalue weighted by atomic mass is 10.0. The number of nitrogens with one attached hydrogen (secondary N) is 1. The predicted molar refractivity (Wildman–Crippen MR) is 77.2 cm³/mol. The van der Waals surface area contributed by atoms with E-state index in [-0.39, 0.29) is 16.5 Å². The SMILES string of the molecule is CNC(=O)c1cccc(-c2ccc(Cl)c(C(=O)O)c2)c1. The van der Waals surface area contributed by atoms with E-state index < -0.39 is 5.97 Å². The maximum Gasteiger partial charge on any atom is 0.337 e. The molecule has 4 nitrogen and oxygen atoms in total. The van der Waals surface area contributed by atoms with Crippen LogP contribution >= 0.6 is 11.6 Å². The van der Waals surface area contributed by atoms with E-state index in [0.29, 0.717) is 11.1 Å². The highest BCUT2D eigenvalue weighted by molar-refractivity contribution is 6.33. The Kier molecular flexibility index (Phi) is 4.05. The van der Waals surface area contributed by atoms with Gasteiger partial charge in [-0.1, -0.05) is 29.8 Å². The van der Waals surface area contributed by atoms with E-state index in [9.17, 15) is 9.59 Å². The molecule has 0 fully saturated rings. The van der Waals surface area contributed by atoms with Crippen LogP contribution in [0.2, 0.25) is 5.02 Å². The van der Waals surface area contributed by atoms with Gasteiger partial charge in [-0.15, -0.1) is 0 Å². The van der Waals surface area contributed by atoms with E-state index in [1.165, 1.54) is 12.1 Å². The second-order valence-electron chi connectivity index (χ2n) is 4.16. The van der Waals surface area contributed by atoms with Gasteiger partial charge in [0, 0.05) is 12.6 Å². The predicted octanol–water partition coefficient (Wildman–Crippen LogP) is 3.06. The van der Waals surface area contributed by atoms with Gasteiger partial charge in [0.1, 0.15) is 0 Å². The van der Waals surface area contributed by atoms with Gasteiger partial charge in [0.2, 0.25) is 0 Å². The number of carbonyl (C=O) groups excluding carboxylic acids is 1. The molecule has 2 aromatic rings. The van der Waals surface area contributed by atoms with Crippen molar-refractivity contribution in [3.8, 4) is 11.1 Å². The smallest absolute Gasteiger partial charge is 0.337 e. The van der Waals surface area contributed by atoms with Crippen LogP contribution in [0.25, 0.3) is 11.1 Å². The Morgan fingerprint density at radius 1 is 1.10 bits per heavy atom. The number of amides is 1. The van der Waals surface area contributed by atoms with Crippen LogP contribution in [0.1, 0.15) is 20.7 Å². The first kappa shape index (κ1) is 14.1. The quantitative estimate of drug-likeness (QED) is 0.912. The molecule has 0 bridgehead atoms. The van der Waals surface area contributed by atoms with E-state index in [1.807, 2.05) is 0 Å². The van der Waals surface area contributed by atoms with Crippen molar-refractivity contribution in [2.45, 2.75) is 0 Å². The van der Waals surface area contributed by atoms with Crippen molar-refractivity contribution in [2.75, 3.05) is 7.05 Å². The number of carboxylic acids is 1. The minimum Gasteiger partial charge on any atom is -0.478 e. The first-order valence-electron chi connectivity index (χ1n) is 5.88. The van der Waals surface area contributed by atoms with Gasteiger partial charge in [0.25, 0.3) is 5.91 Å². The first-order chi connectivity index (χ1) is 9.52. The third-order valence-electron chi connectivity index (χ3n) is 2.88. The van der Waals surface area contributed by atoms with Crippen LogP contribution in [0.4, 0.5) is 0 Å². The Hall–Kier alpha value is -2.33. The summed E-state index contributed by atoms with van der Waals surface area (Å²) in [6.45, 7) is 0. The molecule has 20 heavy (non-hydrogen) atoms. The number of rotatable bonds is 3. The zero-order valence-electron chi connectivity index (χ0n) is 10.7. The Bertz CT molecular complexity index is 683. The summed E-state index contributed by atoms with van der Waals surface area (Å²) in [5.41, 5.74) is 1.99. The molecule has 2 rings (SSSR count). The highest BCUT2D eigenvalue weighted by Gasteiger charge is 2.11. The van der Waals surface area contributed by atoms with Crippen molar-refractivity contribution >= 4 is 23.5 Å². The molecular formula is C15H12ClNO3. The van der Waals surface area contributed by atoms with Crippen LogP contribution in [-0.2, 0) is 0 Å². The van der Waals surface area contributed by atoms with Gasteiger partial charge in [-0.25, -0.2) is 4.79 Å². The minimum atomic E-state index is -1.08. The van der Waals surface area contributed by atoms with Gasteiger partial charge in [-0.05, 0) is 35.4 Å². The molecule has 0 atom stereocenters. The summed E-state index contributed by atoms with van der Waals surface area (Å²) in [7, 11) is 1.56. The molecule has 0 radical (unpaired) electrons. The summed E-state index contributed by atoms with van der Waals surface area (Å²) in [4.78, 5) is 22.7. The fourth-order valence-electron chi connectivity index (χ4n) is 1.85. The lowest BCUT2D eigenvalue weighted by Crippen LogP contribution is -2.17. The second kappa shape index (κ2) is 5.75. The molecule has 0 aliphatic carbocycles. The van der Waals surface area contributed by atoms with Gasteiger partial charge in [-0.3, -0.25) is 4.79 Å². The second-order valence-corrected chi connectivity index (χ2v) is 4.57. The Morgan fingerprint density at radius 2 is 1.80 bits per heavy atom. The standard InChI is InChI=1S/C15H12ClNO3/c1-17-14(18)11-4-2-3-9(7-11)10-5-6-13(16)12(8-10)15(19)20/h2-8H,1H3,(H,17,18)(H,19,20). The summed E-state index contributed by atoms with van der Waals surface area (Å²) >= 11 is 5.84. The van der Waals surface area contributed by atoms with E-state index in [2.05, 4.69) is 5.32 Å². The van der Waals surface area contributed by atoms with Crippen LogP contribution in [-0.4, -0.2) is 24.0 Å². The number of hydrogen-bond acceptors (Lipinski definition) is 2. The average molecular weight is 290 g/mol. The summed E-state index contributed by atoms with van der Waals surface area (Å²) in [6.07, 6.45) is 0. The molecular weight excluding hydrogens is 278 g/mol. The number of carbonyl (C=O) groups is 2. The van der Waals surface area contributed by atoms with Crippen LogP contribution in [0.5, 0.6) is 0 Å². The van der Waals surface area contributed by atoms with Crippen LogP contribution in [0.3, 0.4) is 0 Å². The van der Waals surface area contributed by atoms with Crippen LogP contribution in [0.15, 0.2) is 42.5 Å². The number of benzene rings is 2. The van der Waals surface area contributed by atoms with Crippen LogP contribution in [0, 0.1) is 0 Å². The third kappa shape index (κ3) is 2.81. The zero-order valence-corrected chi connectivity index (χ0v) is 11.4. The topological polar surface area (TPSA) is 66.4 Å². The largest absolute Gasteiger partial charge is 0.478 e. The molecule has 2 N–H and O–H groups in total. The Balaban J connectivity index is 2.49. The molecule has 2 aromatic carbocycles. The van der Waals surface area contributed by atoms with E-state index in [1.54, 1.807) is 37.4 Å². The van der Waals surface area contributed by atoms with Crippen molar-refractivity contribution in [1.82, 2.24) is 5.32 Å². The Morgan fingerprint density at radius 3 is 2.45 bits per heavy atom. The van der Waals surface area contributed by atoms with Crippen molar-refractivity contribution in [3.05, 3.63) is 58.6 Å². The van der Waals surface area contributed by atoms with Crippen molar-refractivity contribution in [1.29, 1.82) is 0 Å². The number of hydrogen-bond donors (Lipinski definition) is 2. The fourth-order valence-corrected chi connectivity index (χ4v) is 2.05. The molecule has 102 valence electrons. The highest BCUT2D eigenvalue weighted by atomic mass is 35.5. The number of aromatic carboxylic acids is 1. The monoisotopic (exact) mass is 289 g/mol.